The third kappa shape index (κ3) is 2.25. The zero-order valence-corrected chi connectivity index (χ0v) is 15.7. The van der Waals surface area contributed by atoms with Crippen molar-refractivity contribution in [2.75, 3.05) is 0 Å². The Morgan fingerprint density at radius 3 is 2.50 bits per heavy atom. The van der Waals surface area contributed by atoms with Gasteiger partial charge in [-0.2, -0.15) is 5.10 Å². The second-order valence-corrected chi connectivity index (χ2v) is 8.75. The minimum Gasteiger partial charge on any atom is -0.158 e. The van der Waals surface area contributed by atoms with Crippen LogP contribution in [-0.2, 0) is 6.42 Å². The van der Waals surface area contributed by atoms with Gasteiger partial charge in [-0.1, -0.05) is 51.1 Å². The molecule has 5 rings (SSSR count). The third-order valence-electron chi connectivity index (χ3n) is 5.22. The van der Waals surface area contributed by atoms with Gasteiger partial charge >= 0.3 is 0 Å². The molecule has 0 aliphatic rings. The Morgan fingerprint density at radius 1 is 0.846 bits per heavy atom. The summed E-state index contributed by atoms with van der Waals surface area (Å²) in [5.74, 6) is 0. The van der Waals surface area contributed by atoms with Crippen molar-refractivity contribution in [2.24, 2.45) is 5.41 Å². The minimum absolute atomic E-state index is 0.249. The number of benzene rings is 4. The van der Waals surface area contributed by atoms with E-state index in [1.54, 1.807) is 0 Å². The summed E-state index contributed by atoms with van der Waals surface area (Å²) >= 11 is 0. The van der Waals surface area contributed by atoms with Crippen LogP contribution in [0.25, 0.3) is 43.2 Å². The maximum Gasteiger partial charge on any atom is 0.102 e. The third-order valence-corrected chi connectivity index (χ3v) is 5.22. The highest BCUT2D eigenvalue weighted by atomic mass is 15.1. The zero-order valence-electron chi connectivity index (χ0n) is 15.7. The van der Waals surface area contributed by atoms with Gasteiger partial charge in [0.1, 0.15) is 5.52 Å². The van der Waals surface area contributed by atoms with Crippen molar-refractivity contribution in [3.8, 4) is 0 Å². The molecule has 0 spiro atoms. The molecule has 26 heavy (non-hydrogen) atoms. The number of aryl methyl sites for hydroxylation is 1. The van der Waals surface area contributed by atoms with Gasteiger partial charge in [-0.25, -0.2) is 0 Å². The molecular formula is C24H22N2. The summed E-state index contributed by atoms with van der Waals surface area (Å²) in [6.45, 7) is 9.02. The molecule has 0 aliphatic carbocycles. The maximum atomic E-state index is 4.56. The Hall–Kier alpha value is -2.74. The van der Waals surface area contributed by atoms with E-state index < -0.39 is 0 Å². The lowest BCUT2D eigenvalue weighted by Crippen LogP contribution is -2.09. The number of hydrogen-bond donors (Lipinski definition) is 0. The topological polar surface area (TPSA) is 25.8 Å². The Labute approximate surface area is 153 Å². The Morgan fingerprint density at radius 2 is 1.69 bits per heavy atom. The molecule has 0 fully saturated rings. The quantitative estimate of drug-likeness (QED) is 0.260. The summed E-state index contributed by atoms with van der Waals surface area (Å²) in [4.78, 5) is 0. The molecule has 0 N–H and O–H groups in total. The van der Waals surface area contributed by atoms with Crippen molar-refractivity contribution >= 4 is 43.2 Å². The van der Waals surface area contributed by atoms with E-state index in [2.05, 4.69) is 80.4 Å². The first-order valence-electron chi connectivity index (χ1n) is 9.23. The van der Waals surface area contributed by atoms with Crippen LogP contribution in [-0.4, -0.2) is 10.2 Å². The molecule has 5 aromatic rings. The second kappa shape index (κ2) is 5.14. The molecule has 2 nitrogen and oxygen atoms in total. The van der Waals surface area contributed by atoms with Gasteiger partial charge in [-0.15, -0.1) is 5.10 Å². The van der Waals surface area contributed by atoms with Crippen molar-refractivity contribution in [1.82, 2.24) is 10.2 Å². The Kier molecular flexibility index (Phi) is 3.06. The zero-order chi connectivity index (χ0) is 18.1. The average Bonchev–Trinajstić information content (AvgIpc) is 2.57. The molecular weight excluding hydrogens is 316 g/mol. The predicted octanol–water partition coefficient (Wildman–Crippen LogP) is 6.42. The highest BCUT2D eigenvalue weighted by Gasteiger charge is 2.17. The van der Waals surface area contributed by atoms with E-state index in [9.17, 15) is 0 Å². The highest BCUT2D eigenvalue weighted by molar-refractivity contribution is 6.31. The fourth-order valence-corrected chi connectivity index (χ4v) is 4.40. The summed E-state index contributed by atoms with van der Waals surface area (Å²) in [5, 5.41) is 17.7. The van der Waals surface area contributed by atoms with Gasteiger partial charge < -0.3 is 0 Å². The normalized spacial score (nSPS) is 12.8. The van der Waals surface area contributed by atoms with Gasteiger partial charge in [-0.05, 0) is 63.6 Å². The molecule has 2 heteroatoms. The molecule has 4 aromatic carbocycles. The molecule has 0 atom stereocenters. The maximum absolute atomic E-state index is 4.56. The first-order valence-corrected chi connectivity index (χ1v) is 9.23. The van der Waals surface area contributed by atoms with Crippen molar-refractivity contribution in [3.63, 3.8) is 0 Å². The van der Waals surface area contributed by atoms with Crippen molar-refractivity contribution < 1.29 is 0 Å². The molecule has 0 saturated heterocycles. The van der Waals surface area contributed by atoms with Crippen LogP contribution < -0.4 is 0 Å². The van der Waals surface area contributed by atoms with E-state index in [-0.39, 0.29) is 5.41 Å². The van der Waals surface area contributed by atoms with E-state index in [4.69, 9.17) is 0 Å². The van der Waals surface area contributed by atoms with E-state index >= 15 is 0 Å². The Balaban J connectivity index is 2.03. The van der Waals surface area contributed by atoms with Crippen LogP contribution in [0.3, 0.4) is 0 Å². The standard InChI is InChI=1S/C24H22N2/c1-14-8-16-6-5-7-18-19-11-15(12-24(2,3)4)10-17-13-25-26-23(22(17)19)20(9-14)21(16)18/h5-11,13H,12H2,1-4H3. The first kappa shape index (κ1) is 15.5. The number of nitrogens with zero attached hydrogens (tertiary/aromatic N) is 2. The molecule has 0 radical (unpaired) electrons. The summed E-state index contributed by atoms with van der Waals surface area (Å²) in [6, 6.07) is 15.8. The van der Waals surface area contributed by atoms with Gasteiger partial charge in [0.25, 0.3) is 0 Å². The van der Waals surface area contributed by atoms with Crippen molar-refractivity contribution in [2.45, 2.75) is 34.1 Å². The molecule has 0 unspecified atom stereocenters. The van der Waals surface area contributed by atoms with Crippen molar-refractivity contribution in [3.05, 3.63) is 59.8 Å². The van der Waals surface area contributed by atoms with Gasteiger partial charge in [-0.3, -0.25) is 0 Å². The largest absolute Gasteiger partial charge is 0.158 e. The smallest absolute Gasteiger partial charge is 0.102 e. The highest BCUT2D eigenvalue weighted by Crippen LogP contribution is 2.40. The van der Waals surface area contributed by atoms with Crippen LogP contribution in [0.4, 0.5) is 0 Å². The Bertz CT molecular complexity index is 1290. The second-order valence-electron chi connectivity index (χ2n) is 8.75. The summed E-state index contributed by atoms with van der Waals surface area (Å²) in [5.41, 5.74) is 3.90. The van der Waals surface area contributed by atoms with E-state index in [1.807, 2.05) is 6.20 Å². The summed E-state index contributed by atoms with van der Waals surface area (Å²) < 4.78 is 0. The molecule has 0 aliphatic heterocycles. The lowest BCUT2D eigenvalue weighted by molar-refractivity contribution is 0.411. The molecule has 1 heterocycles. The predicted molar refractivity (Wildman–Crippen MR) is 111 cm³/mol. The van der Waals surface area contributed by atoms with Crippen LogP contribution in [0.2, 0.25) is 0 Å². The van der Waals surface area contributed by atoms with Gasteiger partial charge in [0, 0.05) is 16.2 Å². The van der Waals surface area contributed by atoms with E-state index in [0.717, 1.165) is 11.9 Å². The van der Waals surface area contributed by atoms with Gasteiger partial charge in [0.05, 0.1) is 6.20 Å². The van der Waals surface area contributed by atoms with Gasteiger partial charge in [0.2, 0.25) is 0 Å². The van der Waals surface area contributed by atoms with Crippen LogP contribution in [0.5, 0.6) is 0 Å². The summed E-state index contributed by atoms with van der Waals surface area (Å²) in [7, 11) is 0. The van der Waals surface area contributed by atoms with Crippen LogP contribution in [0, 0.1) is 12.3 Å². The van der Waals surface area contributed by atoms with E-state index in [1.165, 1.54) is 48.8 Å². The summed E-state index contributed by atoms with van der Waals surface area (Å²) in [6.07, 6.45) is 2.96. The van der Waals surface area contributed by atoms with Crippen molar-refractivity contribution in [1.29, 1.82) is 0 Å². The molecule has 0 saturated carbocycles. The molecule has 128 valence electrons. The first-order chi connectivity index (χ1) is 12.4. The minimum atomic E-state index is 0.249. The number of fused-ring (bicyclic) bond motifs is 2. The fourth-order valence-electron chi connectivity index (χ4n) is 4.40. The van der Waals surface area contributed by atoms with E-state index in [0.29, 0.717) is 0 Å². The lowest BCUT2D eigenvalue weighted by Gasteiger charge is -2.20. The molecule has 0 amide bonds. The number of aromatic nitrogens is 2. The van der Waals surface area contributed by atoms with Crippen LogP contribution in [0.15, 0.2) is 48.7 Å². The lowest BCUT2D eigenvalue weighted by atomic mass is 9.85. The average molecular weight is 338 g/mol. The van der Waals surface area contributed by atoms with Gasteiger partial charge in [0.15, 0.2) is 0 Å². The molecule has 1 aromatic heterocycles. The van der Waals surface area contributed by atoms with Crippen LogP contribution >= 0.6 is 0 Å². The molecule has 0 bridgehead atoms. The number of hydrogen-bond acceptors (Lipinski definition) is 2. The number of rotatable bonds is 1. The monoisotopic (exact) mass is 338 g/mol. The van der Waals surface area contributed by atoms with Crippen LogP contribution in [0.1, 0.15) is 31.9 Å². The fraction of sp³-hybridized carbons (Fsp3) is 0.250. The SMILES string of the molecule is Cc1cc2cccc3c4cc(CC(C)(C)C)cc5cnnc(c(c1)c23)c54.